The van der Waals surface area contributed by atoms with Crippen LogP contribution < -0.4 is 16.0 Å². The van der Waals surface area contributed by atoms with Crippen LogP contribution >= 0.6 is 15.9 Å². The zero-order chi connectivity index (χ0) is 14.2. The molecule has 1 aliphatic heterocycles. The summed E-state index contributed by atoms with van der Waals surface area (Å²) < 4.78 is 0.849. The van der Waals surface area contributed by atoms with Crippen LogP contribution in [-0.4, -0.2) is 24.4 Å². The molecule has 0 spiro atoms. The van der Waals surface area contributed by atoms with Crippen LogP contribution in [0.4, 0.5) is 5.69 Å². The second-order valence-electron chi connectivity index (χ2n) is 4.83. The average Bonchev–Trinajstić information content (AvgIpc) is 2.53. The maximum Gasteiger partial charge on any atom is 0.249 e. The van der Waals surface area contributed by atoms with Crippen molar-refractivity contribution in [3.05, 3.63) is 28.2 Å². The highest BCUT2D eigenvalue weighted by molar-refractivity contribution is 9.10. The molecule has 0 aromatic heterocycles. The summed E-state index contributed by atoms with van der Waals surface area (Å²) in [5.41, 5.74) is 7.32. The standard InChI is InChI=1S/C13H16BrN3O2/c1-7(2)16-11(18)6-17-10-5-8(14)3-4-9(10)12(15)13(17)19/h3-5,7,12H,6,15H2,1-2H3,(H,16,18). The summed E-state index contributed by atoms with van der Waals surface area (Å²) in [5.74, 6) is -0.435. The van der Waals surface area contributed by atoms with Crippen LogP contribution in [0.2, 0.25) is 0 Å². The Labute approximate surface area is 120 Å². The second-order valence-corrected chi connectivity index (χ2v) is 5.74. The van der Waals surface area contributed by atoms with E-state index in [4.69, 9.17) is 5.73 Å². The number of anilines is 1. The number of benzene rings is 1. The summed E-state index contributed by atoms with van der Waals surface area (Å²) in [5, 5.41) is 2.77. The summed E-state index contributed by atoms with van der Waals surface area (Å²) in [4.78, 5) is 25.3. The maximum atomic E-state index is 12.1. The number of nitrogens with one attached hydrogen (secondary N) is 1. The van der Waals surface area contributed by atoms with Gasteiger partial charge in [0.2, 0.25) is 11.8 Å². The monoisotopic (exact) mass is 325 g/mol. The van der Waals surface area contributed by atoms with Crippen LogP contribution in [0.25, 0.3) is 0 Å². The Hall–Kier alpha value is -1.40. The zero-order valence-electron chi connectivity index (χ0n) is 10.8. The molecular formula is C13H16BrN3O2. The molecule has 19 heavy (non-hydrogen) atoms. The second kappa shape index (κ2) is 5.30. The summed E-state index contributed by atoms with van der Waals surface area (Å²) in [7, 11) is 0. The summed E-state index contributed by atoms with van der Waals surface area (Å²) >= 11 is 3.36. The molecule has 3 N–H and O–H groups in total. The molecule has 0 radical (unpaired) electrons. The zero-order valence-corrected chi connectivity index (χ0v) is 12.4. The van der Waals surface area contributed by atoms with Gasteiger partial charge in [0.25, 0.3) is 0 Å². The van der Waals surface area contributed by atoms with Gasteiger partial charge in [-0.2, -0.15) is 0 Å². The number of amides is 2. The van der Waals surface area contributed by atoms with Crippen LogP contribution in [0.1, 0.15) is 25.5 Å². The largest absolute Gasteiger partial charge is 0.352 e. The van der Waals surface area contributed by atoms with Gasteiger partial charge < -0.3 is 16.0 Å². The molecule has 0 saturated carbocycles. The van der Waals surface area contributed by atoms with Crippen LogP contribution in [0.5, 0.6) is 0 Å². The molecule has 0 aliphatic carbocycles. The smallest absolute Gasteiger partial charge is 0.249 e. The highest BCUT2D eigenvalue weighted by Gasteiger charge is 2.35. The van der Waals surface area contributed by atoms with E-state index < -0.39 is 6.04 Å². The number of carbonyl (C=O) groups excluding carboxylic acids is 2. The van der Waals surface area contributed by atoms with Gasteiger partial charge in [-0.1, -0.05) is 22.0 Å². The first kappa shape index (κ1) is 14.0. The molecule has 102 valence electrons. The minimum Gasteiger partial charge on any atom is -0.352 e. The molecule has 1 aliphatic rings. The van der Waals surface area contributed by atoms with E-state index in [9.17, 15) is 9.59 Å². The third-order valence-electron chi connectivity index (χ3n) is 2.90. The molecule has 0 bridgehead atoms. The first-order valence-corrected chi connectivity index (χ1v) is 6.85. The third kappa shape index (κ3) is 2.79. The molecule has 2 amide bonds. The van der Waals surface area contributed by atoms with Gasteiger partial charge in [0.15, 0.2) is 0 Å². The normalized spacial score (nSPS) is 17.8. The minimum atomic E-state index is -0.685. The van der Waals surface area contributed by atoms with Crippen molar-refractivity contribution in [1.82, 2.24) is 5.32 Å². The van der Waals surface area contributed by atoms with Gasteiger partial charge in [-0.15, -0.1) is 0 Å². The first-order chi connectivity index (χ1) is 8.90. The molecule has 1 unspecified atom stereocenters. The van der Waals surface area contributed by atoms with Crippen molar-refractivity contribution >= 4 is 33.4 Å². The van der Waals surface area contributed by atoms with Crippen molar-refractivity contribution in [1.29, 1.82) is 0 Å². The van der Waals surface area contributed by atoms with Crippen LogP contribution in [0.3, 0.4) is 0 Å². The van der Waals surface area contributed by atoms with Gasteiger partial charge in [0, 0.05) is 16.1 Å². The molecule has 6 heteroatoms. The van der Waals surface area contributed by atoms with Crippen molar-refractivity contribution in [2.75, 3.05) is 11.4 Å². The van der Waals surface area contributed by atoms with Crippen molar-refractivity contribution < 1.29 is 9.59 Å². The maximum absolute atomic E-state index is 12.1. The average molecular weight is 326 g/mol. The van der Waals surface area contributed by atoms with Gasteiger partial charge in [0.05, 0.1) is 5.69 Å². The van der Waals surface area contributed by atoms with Gasteiger partial charge in [0.1, 0.15) is 12.6 Å². The van der Waals surface area contributed by atoms with Crippen molar-refractivity contribution in [2.45, 2.75) is 25.9 Å². The number of fused-ring (bicyclic) bond motifs is 1. The number of hydrogen-bond acceptors (Lipinski definition) is 3. The molecule has 1 heterocycles. The molecule has 1 atom stereocenters. The quantitative estimate of drug-likeness (QED) is 0.880. The lowest BCUT2D eigenvalue weighted by Gasteiger charge is -2.18. The van der Waals surface area contributed by atoms with E-state index in [1.54, 1.807) is 0 Å². The van der Waals surface area contributed by atoms with Crippen molar-refractivity contribution in [2.24, 2.45) is 5.73 Å². The number of rotatable bonds is 3. The molecule has 0 fully saturated rings. The lowest BCUT2D eigenvalue weighted by atomic mass is 10.1. The fourth-order valence-corrected chi connectivity index (χ4v) is 2.46. The SMILES string of the molecule is CC(C)NC(=O)CN1C(=O)C(N)c2ccc(Br)cc21. The van der Waals surface area contributed by atoms with E-state index in [1.807, 2.05) is 32.0 Å². The van der Waals surface area contributed by atoms with E-state index >= 15 is 0 Å². The highest BCUT2D eigenvalue weighted by Crippen LogP contribution is 2.36. The molecule has 5 nitrogen and oxygen atoms in total. The van der Waals surface area contributed by atoms with Crippen LogP contribution in [0.15, 0.2) is 22.7 Å². The third-order valence-corrected chi connectivity index (χ3v) is 3.40. The lowest BCUT2D eigenvalue weighted by molar-refractivity contribution is -0.124. The first-order valence-electron chi connectivity index (χ1n) is 6.06. The number of halogens is 1. The van der Waals surface area contributed by atoms with E-state index in [2.05, 4.69) is 21.2 Å². The van der Waals surface area contributed by atoms with E-state index in [-0.39, 0.29) is 24.4 Å². The Bertz CT molecular complexity index is 531. The summed E-state index contributed by atoms with van der Waals surface area (Å²) in [6, 6.07) is 4.81. The van der Waals surface area contributed by atoms with Gasteiger partial charge in [-0.25, -0.2) is 0 Å². The molecule has 0 saturated heterocycles. The Kier molecular flexibility index (Phi) is 3.91. The Balaban J connectivity index is 2.25. The number of carbonyl (C=O) groups is 2. The summed E-state index contributed by atoms with van der Waals surface area (Å²) in [6.07, 6.45) is 0. The van der Waals surface area contributed by atoms with Gasteiger partial charge in [-0.3, -0.25) is 9.59 Å². The highest BCUT2D eigenvalue weighted by atomic mass is 79.9. The van der Waals surface area contributed by atoms with E-state index in [0.29, 0.717) is 5.69 Å². The minimum absolute atomic E-state index is 0.00579. The van der Waals surface area contributed by atoms with Crippen molar-refractivity contribution in [3.63, 3.8) is 0 Å². The number of nitrogens with two attached hydrogens (primary N) is 1. The van der Waals surface area contributed by atoms with Gasteiger partial charge >= 0.3 is 0 Å². The van der Waals surface area contributed by atoms with E-state index in [1.165, 1.54) is 4.90 Å². The predicted octanol–water partition coefficient (Wildman–Crippen LogP) is 1.32. The Morgan fingerprint density at radius 2 is 2.21 bits per heavy atom. The van der Waals surface area contributed by atoms with Crippen LogP contribution in [-0.2, 0) is 9.59 Å². The molecular weight excluding hydrogens is 310 g/mol. The fraction of sp³-hybridized carbons (Fsp3) is 0.385. The molecule has 1 aromatic rings. The Morgan fingerprint density at radius 3 is 2.84 bits per heavy atom. The topological polar surface area (TPSA) is 75.4 Å². The Morgan fingerprint density at radius 1 is 1.53 bits per heavy atom. The predicted molar refractivity (Wildman–Crippen MR) is 76.7 cm³/mol. The molecule has 1 aromatic carbocycles. The van der Waals surface area contributed by atoms with Crippen molar-refractivity contribution in [3.8, 4) is 0 Å². The number of nitrogens with zero attached hydrogens (tertiary/aromatic N) is 1. The van der Waals surface area contributed by atoms with Gasteiger partial charge in [-0.05, 0) is 26.0 Å². The van der Waals surface area contributed by atoms with E-state index in [0.717, 1.165) is 10.0 Å². The summed E-state index contributed by atoms with van der Waals surface area (Å²) in [6.45, 7) is 3.74. The fourth-order valence-electron chi connectivity index (χ4n) is 2.11. The van der Waals surface area contributed by atoms with Crippen LogP contribution in [0, 0.1) is 0 Å². The number of hydrogen-bond donors (Lipinski definition) is 2. The lowest BCUT2D eigenvalue weighted by Crippen LogP contribution is -2.42. The molecule has 2 rings (SSSR count).